The maximum atomic E-state index is 12.1. The number of fused-ring (bicyclic) bond motifs is 1. The minimum atomic E-state index is -0.376. The van der Waals surface area contributed by atoms with Crippen LogP contribution in [0.2, 0.25) is 0 Å². The van der Waals surface area contributed by atoms with Crippen molar-refractivity contribution in [3.63, 3.8) is 0 Å². The van der Waals surface area contributed by atoms with Crippen molar-refractivity contribution in [1.82, 2.24) is 9.97 Å². The molecule has 0 radical (unpaired) electrons. The van der Waals surface area contributed by atoms with Crippen LogP contribution < -0.4 is 10.2 Å². The van der Waals surface area contributed by atoms with Crippen molar-refractivity contribution in [1.29, 1.82) is 0 Å². The van der Waals surface area contributed by atoms with Gasteiger partial charge in [0.15, 0.2) is 0 Å². The van der Waals surface area contributed by atoms with Crippen LogP contribution in [0.25, 0.3) is 10.8 Å². The van der Waals surface area contributed by atoms with Crippen LogP contribution in [-0.2, 0) is 6.42 Å². The molecule has 0 saturated carbocycles. The van der Waals surface area contributed by atoms with Crippen LogP contribution in [0.3, 0.4) is 0 Å². The van der Waals surface area contributed by atoms with Crippen molar-refractivity contribution in [2.24, 2.45) is 5.92 Å². The Morgan fingerprint density at radius 1 is 0.939 bits per heavy atom. The Labute approximate surface area is 192 Å². The first-order valence-corrected chi connectivity index (χ1v) is 11.2. The van der Waals surface area contributed by atoms with Gasteiger partial charge in [0.2, 0.25) is 11.6 Å². The van der Waals surface area contributed by atoms with Crippen molar-refractivity contribution in [3.8, 4) is 0 Å². The second kappa shape index (κ2) is 9.24. The average molecular weight is 440 g/mol. The van der Waals surface area contributed by atoms with E-state index in [1.807, 2.05) is 53.4 Å². The van der Waals surface area contributed by atoms with E-state index < -0.39 is 0 Å². The fraction of sp³-hybridized carbons (Fsp3) is 0.231. The van der Waals surface area contributed by atoms with E-state index in [1.165, 1.54) is 11.9 Å². The average Bonchev–Trinajstić information content (AvgIpc) is 2.85. The molecular formula is C26H25N5O2. The molecule has 0 atom stereocenters. The van der Waals surface area contributed by atoms with Crippen molar-refractivity contribution in [2.75, 3.05) is 23.3 Å². The molecule has 0 unspecified atom stereocenters. The molecule has 0 spiro atoms. The minimum Gasteiger partial charge on any atom is -0.351 e. The summed E-state index contributed by atoms with van der Waals surface area (Å²) in [7, 11) is 0. The van der Waals surface area contributed by atoms with Gasteiger partial charge in [-0.25, -0.2) is 9.97 Å². The fourth-order valence-electron chi connectivity index (χ4n) is 4.62. The van der Waals surface area contributed by atoms with Gasteiger partial charge in [-0.15, -0.1) is 0 Å². The second-order valence-electron chi connectivity index (χ2n) is 8.42. The molecule has 1 N–H and O–H groups in total. The van der Waals surface area contributed by atoms with Gasteiger partial charge in [0.05, 0.1) is 4.92 Å². The van der Waals surface area contributed by atoms with E-state index in [0.29, 0.717) is 11.7 Å². The monoisotopic (exact) mass is 439 g/mol. The molecule has 166 valence electrons. The zero-order valence-corrected chi connectivity index (χ0v) is 18.2. The standard InChI is InChI=1S/C26H25N5O2/c32-31(33)24-25(29-23-12-6-10-21-9-4-5-11-22(21)23)27-18-28-26(24)30-15-13-20(14-16-30)17-19-7-2-1-3-8-19/h1-12,18,20H,13-17H2,(H,27,28,29). The Morgan fingerprint density at radius 3 is 2.45 bits per heavy atom. The third kappa shape index (κ3) is 4.48. The highest BCUT2D eigenvalue weighted by atomic mass is 16.6. The summed E-state index contributed by atoms with van der Waals surface area (Å²) in [5.41, 5.74) is 2.04. The molecular weight excluding hydrogens is 414 g/mol. The van der Waals surface area contributed by atoms with Gasteiger partial charge in [0.25, 0.3) is 0 Å². The van der Waals surface area contributed by atoms with Gasteiger partial charge < -0.3 is 10.2 Å². The number of nitrogens with one attached hydrogen (secondary N) is 1. The lowest BCUT2D eigenvalue weighted by Crippen LogP contribution is -2.35. The van der Waals surface area contributed by atoms with Crippen LogP contribution in [0.5, 0.6) is 0 Å². The molecule has 1 fully saturated rings. The third-order valence-corrected chi connectivity index (χ3v) is 6.31. The second-order valence-corrected chi connectivity index (χ2v) is 8.42. The summed E-state index contributed by atoms with van der Waals surface area (Å²) in [6.07, 6.45) is 4.39. The first-order valence-electron chi connectivity index (χ1n) is 11.2. The largest absolute Gasteiger partial charge is 0.353 e. The van der Waals surface area contributed by atoms with E-state index in [0.717, 1.165) is 48.8 Å². The number of anilines is 3. The van der Waals surface area contributed by atoms with E-state index in [4.69, 9.17) is 0 Å². The fourth-order valence-corrected chi connectivity index (χ4v) is 4.62. The molecule has 1 aliphatic heterocycles. The summed E-state index contributed by atoms with van der Waals surface area (Å²) < 4.78 is 0. The Hall–Kier alpha value is -4.00. The van der Waals surface area contributed by atoms with Gasteiger partial charge in [-0.2, -0.15) is 0 Å². The predicted molar refractivity (Wildman–Crippen MR) is 131 cm³/mol. The molecule has 7 nitrogen and oxygen atoms in total. The number of aromatic nitrogens is 2. The highest BCUT2D eigenvalue weighted by molar-refractivity contribution is 5.96. The molecule has 0 aliphatic carbocycles. The quantitative estimate of drug-likeness (QED) is 0.305. The van der Waals surface area contributed by atoms with Crippen LogP contribution in [0.1, 0.15) is 18.4 Å². The molecule has 0 bridgehead atoms. The van der Waals surface area contributed by atoms with Crippen LogP contribution in [0, 0.1) is 16.0 Å². The highest BCUT2D eigenvalue weighted by Gasteiger charge is 2.30. The Morgan fingerprint density at radius 2 is 1.67 bits per heavy atom. The molecule has 2 heterocycles. The SMILES string of the molecule is O=[N+]([O-])c1c(Nc2cccc3ccccc23)ncnc1N1CCC(Cc2ccccc2)CC1. The van der Waals surface area contributed by atoms with Gasteiger partial charge in [0, 0.05) is 24.2 Å². The predicted octanol–water partition coefficient (Wildman–Crippen LogP) is 5.74. The number of piperidine rings is 1. The number of hydrogen-bond donors (Lipinski definition) is 1. The van der Waals surface area contributed by atoms with Crippen molar-refractivity contribution in [2.45, 2.75) is 19.3 Å². The first kappa shape index (κ1) is 20.9. The molecule has 1 aromatic heterocycles. The number of nitro groups is 1. The lowest BCUT2D eigenvalue weighted by Gasteiger charge is -2.32. The van der Waals surface area contributed by atoms with Gasteiger partial charge in [0.1, 0.15) is 6.33 Å². The summed E-state index contributed by atoms with van der Waals surface area (Å²) in [6.45, 7) is 1.48. The molecule has 3 aromatic carbocycles. The number of hydrogen-bond acceptors (Lipinski definition) is 6. The smallest absolute Gasteiger partial charge is 0.351 e. The van der Waals surface area contributed by atoms with Crippen LogP contribution in [0.15, 0.2) is 79.1 Å². The van der Waals surface area contributed by atoms with Crippen LogP contribution in [0.4, 0.5) is 23.0 Å². The number of benzene rings is 3. The summed E-state index contributed by atoms with van der Waals surface area (Å²) >= 11 is 0. The molecule has 5 rings (SSSR count). The van der Waals surface area contributed by atoms with E-state index >= 15 is 0 Å². The number of nitrogens with zero attached hydrogens (tertiary/aromatic N) is 4. The first-order chi connectivity index (χ1) is 16.2. The van der Waals surface area contributed by atoms with Gasteiger partial charge in [-0.1, -0.05) is 66.7 Å². The minimum absolute atomic E-state index is 0.0769. The maximum Gasteiger partial charge on any atom is 0.353 e. The van der Waals surface area contributed by atoms with Crippen molar-refractivity contribution in [3.05, 3.63) is 94.8 Å². The summed E-state index contributed by atoms with van der Waals surface area (Å²) in [4.78, 5) is 22.3. The molecule has 7 heteroatoms. The number of rotatable bonds is 6. The summed E-state index contributed by atoms with van der Waals surface area (Å²) in [6, 6.07) is 24.3. The van der Waals surface area contributed by atoms with E-state index in [-0.39, 0.29) is 16.4 Å². The van der Waals surface area contributed by atoms with E-state index in [1.54, 1.807) is 0 Å². The van der Waals surface area contributed by atoms with Gasteiger partial charge >= 0.3 is 5.69 Å². The lowest BCUT2D eigenvalue weighted by molar-refractivity contribution is -0.383. The molecule has 1 saturated heterocycles. The lowest BCUT2D eigenvalue weighted by atomic mass is 9.90. The van der Waals surface area contributed by atoms with Crippen molar-refractivity contribution >= 4 is 33.8 Å². The molecule has 0 amide bonds. The summed E-state index contributed by atoms with van der Waals surface area (Å²) in [5, 5.41) is 17.3. The highest BCUT2D eigenvalue weighted by Crippen LogP contribution is 2.37. The Bertz CT molecular complexity index is 1260. The zero-order chi connectivity index (χ0) is 22.6. The Balaban J connectivity index is 1.38. The van der Waals surface area contributed by atoms with E-state index in [2.05, 4.69) is 39.6 Å². The van der Waals surface area contributed by atoms with E-state index in [9.17, 15) is 10.1 Å². The van der Waals surface area contributed by atoms with Crippen LogP contribution >= 0.6 is 0 Å². The normalized spacial score (nSPS) is 14.4. The zero-order valence-electron chi connectivity index (χ0n) is 18.2. The Kier molecular flexibility index (Phi) is 5.85. The molecule has 4 aromatic rings. The van der Waals surface area contributed by atoms with Crippen molar-refractivity contribution < 1.29 is 4.92 Å². The third-order valence-electron chi connectivity index (χ3n) is 6.31. The molecule has 33 heavy (non-hydrogen) atoms. The van der Waals surface area contributed by atoms with Gasteiger partial charge in [-0.3, -0.25) is 10.1 Å². The van der Waals surface area contributed by atoms with Crippen LogP contribution in [-0.4, -0.2) is 28.0 Å². The van der Waals surface area contributed by atoms with Gasteiger partial charge in [-0.05, 0) is 42.2 Å². The maximum absolute atomic E-state index is 12.1. The topological polar surface area (TPSA) is 84.2 Å². The molecule has 1 aliphatic rings. The summed E-state index contributed by atoms with van der Waals surface area (Å²) in [5.74, 6) is 1.17.